The molecule has 2 heteroatoms. The normalized spacial score (nSPS) is 12.3. The largest absolute Gasteiger partial charge is 0.508 e. The minimum Gasteiger partial charge on any atom is -0.508 e. The predicted octanol–water partition coefficient (Wildman–Crippen LogP) is 5.64. The van der Waals surface area contributed by atoms with Gasteiger partial charge in [0.2, 0.25) is 0 Å². The van der Waals surface area contributed by atoms with Crippen LogP contribution in [0.25, 0.3) is 5.57 Å². The standard InChI is InChI=1S/C18H28O2/c1-4-5-6-7-8-9-10-14(2)15(3)16-11-17(19)13-18(20)12-16/h11-13,19-20H,4-10H2,1-3H3. The molecule has 0 aromatic heterocycles. The van der Waals surface area contributed by atoms with Gasteiger partial charge in [0.1, 0.15) is 11.5 Å². The maximum absolute atomic E-state index is 9.54. The smallest absolute Gasteiger partial charge is 0.119 e. The second kappa shape index (κ2) is 8.68. The first-order chi connectivity index (χ1) is 9.54. The third kappa shape index (κ3) is 5.68. The molecule has 0 aliphatic carbocycles. The SMILES string of the molecule is CCCCCCCCC(C)=C(C)c1cc(O)cc(O)c1. The molecule has 0 atom stereocenters. The van der Waals surface area contributed by atoms with E-state index in [4.69, 9.17) is 0 Å². The number of aromatic hydroxyl groups is 2. The van der Waals surface area contributed by atoms with Crippen LogP contribution in [0.2, 0.25) is 0 Å². The van der Waals surface area contributed by atoms with Crippen LogP contribution in [0.15, 0.2) is 23.8 Å². The van der Waals surface area contributed by atoms with Crippen LogP contribution >= 0.6 is 0 Å². The number of phenolic OH excluding ortho intramolecular Hbond substituents is 2. The lowest BCUT2D eigenvalue weighted by molar-refractivity contribution is 0.450. The third-order valence-corrected chi connectivity index (χ3v) is 3.88. The van der Waals surface area contributed by atoms with Gasteiger partial charge in [-0.15, -0.1) is 0 Å². The lowest BCUT2D eigenvalue weighted by atomic mass is 9.97. The highest BCUT2D eigenvalue weighted by atomic mass is 16.3. The molecule has 20 heavy (non-hydrogen) atoms. The average Bonchev–Trinajstić information content (AvgIpc) is 2.40. The minimum atomic E-state index is 0.117. The summed E-state index contributed by atoms with van der Waals surface area (Å²) in [6.45, 7) is 6.43. The molecule has 0 bridgehead atoms. The number of rotatable bonds is 8. The summed E-state index contributed by atoms with van der Waals surface area (Å²) >= 11 is 0. The van der Waals surface area contributed by atoms with E-state index in [0.29, 0.717) is 0 Å². The van der Waals surface area contributed by atoms with Crippen LogP contribution in [0.4, 0.5) is 0 Å². The Balaban J connectivity index is 2.52. The van der Waals surface area contributed by atoms with Crippen molar-refractivity contribution in [2.45, 2.75) is 65.7 Å². The fraction of sp³-hybridized carbons (Fsp3) is 0.556. The van der Waals surface area contributed by atoms with E-state index < -0.39 is 0 Å². The van der Waals surface area contributed by atoms with Gasteiger partial charge >= 0.3 is 0 Å². The molecule has 2 N–H and O–H groups in total. The monoisotopic (exact) mass is 276 g/mol. The van der Waals surface area contributed by atoms with Gasteiger partial charge in [0.15, 0.2) is 0 Å². The Morgan fingerprint density at radius 2 is 1.40 bits per heavy atom. The van der Waals surface area contributed by atoms with E-state index in [-0.39, 0.29) is 11.5 Å². The van der Waals surface area contributed by atoms with Crippen LogP contribution in [0, 0.1) is 0 Å². The van der Waals surface area contributed by atoms with Gasteiger partial charge in [0.25, 0.3) is 0 Å². The van der Waals surface area contributed by atoms with Gasteiger partial charge in [0, 0.05) is 6.07 Å². The quantitative estimate of drug-likeness (QED) is 0.603. The van der Waals surface area contributed by atoms with Crippen molar-refractivity contribution in [3.63, 3.8) is 0 Å². The average molecular weight is 276 g/mol. The summed E-state index contributed by atoms with van der Waals surface area (Å²) in [6.07, 6.45) is 8.91. The molecular formula is C18H28O2. The van der Waals surface area contributed by atoms with Gasteiger partial charge in [-0.1, -0.05) is 44.6 Å². The molecule has 0 aliphatic rings. The number of phenols is 2. The molecule has 0 heterocycles. The molecule has 2 nitrogen and oxygen atoms in total. The van der Waals surface area contributed by atoms with E-state index in [1.54, 1.807) is 12.1 Å². The molecule has 0 aliphatic heterocycles. The van der Waals surface area contributed by atoms with E-state index >= 15 is 0 Å². The van der Waals surface area contributed by atoms with E-state index in [2.05, 4.69) is 20.8 Å². The number of benzene rings is 1. The molecule has 0 fully saturated rings. The summed E-state index contributed by atoms with van der Waals surface area (Å²) in [5.41, 5.74) is 3.40. The first kappa shape index (κ1) is 16.6. The van der Waals surface area contributed by atoms with Crippen LogP contribution < -0.4 is 0 Å². The molecule has 0 saturated heterocycles. The Hall–Kier alpha value is -1.44. The van der Waals surface area contributed by atoms with Crippen LogP contribution in [0.3, 0.4) is 0 Å². The lowest BCUT2D eigenvalue weighted by Gasteiger charge is -2.09. The Morgan fingerprint density at radius 1 is 0.850 bits per heavy atom. The molecule has 1 aromatic carbocycles. The summed E-state index contributed by atoms with van der Waals surface area (Å²) in [4.78, 5) is 0. The lowest BCUT2D eigenvalue weighted by Crippen LogP contribution is -1.87. The number of hydrogen-bond acceptors (Lipinski definition) is 2. The highest BCUT2D eigenvalue weighted by Gasteiger charge is 2.04. The highest BCUT2D eigenvalue weighted by Crippen LogP contribution is 2.28. The first-order valence-electron chi connectivity index (χ1n) is 7.74. The maximum atomic E-state index is 9.54. The van der Waals surface area contributed by atoms with Gasteiger partial charge in [-0.3, -0.25) is 0 Å². The van der Waals surface area contributed by atoms with E-state index in [9.17, 15) is 10.2 Å². The van der Waals surface area contributed by atoms with Crippen molar-refractivity contribution >= 4 is 5.57 Å². The van der Waals surface area contributed by atoms with Crippen molar-refractivity contribution < 1.29 is 10.2 Å². The summed E-state index contributed by atoms with van der Waals surface area (Å²) in [5, 5.41) is 19.1. The number of allylic oxidation sites excluding steroid dienone is 2. The summed E-state index contributed by atoms with van der Waals surface area (Å²) in [6, 6.07) is 4.78. The van der Waals surface area contributed by atoms with Crippen LogP contribution in [-0.4, -0.2) is 10.2 Å². The maximum Gasteiger partial charge on any atom is 0.119 e. The van der Waals surface area contributed by atoms with Crippen molar-refractivity contribution in [1.82, 2.24) is 0 Å². The predicted molar refractivity (Wildman–Crippen MR) is 86.0 cm³/mol. The molecule has 112 valence electrons. The zero-order valence-corrected chi connectivity index (χ0v) is 13.1. The molecule has 0 unspecified atom stereocenters. The molecule has 0 amide bonds. The molecular weight excluding hydrogens is 248 g/mol. The van der Waals surface area contributed by atoms with Gasteiger partial charge < -0.3 is 10.2 Å². The first-order valence-corrected chi connectivity index (χ1v) is 7.74. The second-order valence-corrected chi connectivity index (χ2v) is 5.66. The zero-order valence-electron chi connectivity index (χ0n) is 13.1. The Labute approximate surface area is 123 Å². The Kier molecular flexibility index (Phi) is 7.21. The Morgan fingerprint density at radius 3 is 2.00 bits per heavy atom. The number of hydrogen-bond donors (Lipinski definition) is 2. The van der Waals surface area contributed by atoms with Crippen molar-refractivity contribution in [1.29, 1.82) is 0 Å². The minimum absolute atomic E-state index is 0.117. The second-order valence-electron chi connectivity index (χ2n) is 5.66. The molecule has 0 spiro atoms. The molecule has 1 aromatic rings. The van der Waals surface area contributed by atoms with E-state index in [1.807, 2.05) is 0 Å². The summed E-state index contributed by atoms with van der Waals surface area (Å²) in [7, 11) is 0. The van der Waals surface area contributed by atoms with E-state index in [1.165, 1.54) is 50.2 Å². The fourth-order valence-corrected chi connectivity index (χ4v) is 2.42. The Bertz CT molecular complexity index is 426. The fourth-order valence-electron chi connectivity index (χ4n) is 2.42. The van der Waals surface area contributed by atoms with Gasteiger partial charge in [0.05, 0.1) is 0 Å². The van der Waals surface area contributed by atoms with Gasteiger partial charge in [-0.05, 0) is 50.0 Å². The van der Waals surface area contributed by atoms with Gasteiger partial charge in [-0.25, -0.2) is 0 Å². The molecule has 1 rings (SSSR count). The van der Waals surface area contributed by atoms with Crippen molar-refractivity contribution in [2.24, 2.45) is 0 Å². The van der Waals surface area contributed by atoms with Gasteiger partial charge in [-0.2, -0.15) is 0 Å². The molecule has 0 saturated carbocycles. The van der Waals surface area contributed by atoms with Crippen molar-refractivity contribution in [3.8, 4) is 11.5 Å². The zero-order chi connectivity index (χ0) is 15.0. The van der Waals surface area contributed by atoms with Crippen LogP contribution in [-0.2, 0) is 0 Å². The van der Waals surface area contributed by atoms with Crippen LogP contribution in [0.5, 0.6) is 11.5 Å². The summed E-state index contributed by atoms with van der Waals surface area (Å²) < 4.78 is 0. The van der Waals surface area contributed by atoms with Crippen LogP contribution in [0.1, 0.15) is 71.3 Å². The number of unbranched alkanes of at least 4 members (excludes halogenated alkanes) is 5. The molecule has 0 radical (unpaired) electrons. The highest BCUT2D eigenvalue weighted by molar-refractivity contribution is 5.68. The topological polar surface area (TPSA) is 40.5 Å². The van der Waals surface area contributed by atoms with E-state index in [0.717, 1.165) is 17.6 Å². The summed E-state index contributed by atoms with van der Waals surface area (Å²) in [5.74, 6) is 0.235. The van der Waals surface area contributed by atoms with Crippen molar-refractivity contribution in [3.05, 3.63) is 29.3 Å². The third-order valence-electron chi connectivity index (χ3n) is 3.88. The van der Waals surface area contributed by atoms with Crippen molar-refractivity contribution in [2.75, 3.05) is 0 Å².